The predicted octanol–water partition coefficient (Wildman–Crippen LogP) is 3.36. The molecule has 0 radical (unpaired) electrons. The van der Waals surface area contributed by atoms with E-state index >= 15 is 0 Å². The molecule has 0 unspecified atom stereocenters. The van der Waals surface area contributed by atoms with Crippen LogP contribution in [0.4, 0.5) is 9.59 Å². The number of nitrogens with one attached hydrogen (secondary N) is 1. The molecule has 4 aliphatic rings. The number of ether oxygens (including phenoxy) is 5. The van der Waals surface area contributed by atoms with E-state index in [0.29, 0.717) is 76.6 Å². The van der Waals surface area contributed by atoms with Crippen LogP contribution in [0, 0.1) is 11.3 Å². The Hall–Kier alpha value is -3.67. The number of nitrogens with zero attached hydrogens (tertiary/aromatic N) is 3. The van der Waals surface area contributed by atoms with Gasteiger partial charge >= 0.3 is 12.1 Å². The zero-order valence-electron chi connectivity index (χ0n) is 30.4. The molecule has 3 N–H and O–H groups in total. The third kappa shape index (κ3) is 9.53. The van der Waals surface area contributed by atoms with Gasteiger partial charge in [-0.05, 0) is 48.8 Å². The van der Waals surface area contributed by atoms with E-state index in [2.05, 4.69) is 5.32 Å². The minimum absolute atomic E-state index is 0.0227. The zero-order chi connectivity index (χ0) is 37.6. The number of fused-ring (bicyclic) bond motifs is 2. The summed E-state index contributed by atoms with van der Waals surface area (Å²) in [5, 5.41) is 25.8. The molecule has 2 aromatic carbocycles. The van der Waals surface area contributed by atoms with Crippen LogP contribution in [0.1, 0.15) is 45.1 Å². The SMILES string of the molecule is CC(C)(CCCCNC(=O)N1CCOCC1)CN(C[C@@H](O)[C@H](Cc1ccccc1)N(C(=O)O)[C@H]1CO[C@H]2OCC[C@H]21)S(=O)(=O)c1ccc2c(c1)OCO2. The molecule has 3 saturated heterocycles. The van der Waals surface area contributed by atoms with Crippen LogP contribution in [0.15, 0.2) is 53.4 Å². The van der Waals surface area contributed by atoms with E-state index < -0.39 is 46.0 Å². The van der Waals surface area contributed by atoms with Gasteiger partial charge in [-0.1, -0.05) is 50.6 Å². The molecule has 0 saturated carbocycles. The molecule has 4 aliphatic heterocycles. The molecule has 6 rings (SSSR count). The smallest absolute Gasteiger partial charge is 0.407 e. The van der Waals surface area contributed by atoms with Gasteiger partial charge in [0.1, 0.15) is 0 Å². The van der Waals surface area contributed by atoms with E-state index in [1.165, 1.54) is 21.3 Å². The van der Waals surface area contributed by atoms with Gasteiger partial charge in [0.25, 0.3) is 0 Å². The summed E-state index contributed by atoms with van der Waals surface area (Å²) in [6.45, 7) is 6.77. The number of amides is 3. The van der Waals surface area contributed by atoms with Crippen LogP contribution in [0.3, 0.4) is 0 Å². The number of unbranched alkanes of at least 4 members (excludes halogenated alkanes) is 1. The molecular weight excluding hydrogens is 708 g/mol. The molecule has 53 heavy (non-hydrogen) atoms. The molecule has 16 heteroatoms. The highest BCUT2D eigenvalue weighted by atomic mass is 32.2. The van der Waals surface area contributed by atoms with Crippen molar-refractivity contribution in [2.24, 2.45) is 11.3 Å². The number of morpholine rings is 1. The summed E-state index contributed by atoms with van der Waals surface area (Å²) < 4.78 is 58.1. The minimum Gasteiger partial charge on any atom is -0.465 e. The van der Waals surface area contributed by atoms with Crippen molar-refractivity contribution in [3.63, 3.8) is 0 Å². The second kappa shape index (κ2) is 17.2. The van der Waals surface area contributed by atoms with Crippen LogP contribution in [0.25, 0.3) is 0 Å². The van der Waals surface area contributed by atoms with Crippen molar-refractivity contribution in [3.05, 3.63) is 54.1 Å². The Kier molecular flexibility index (Phi) is 12.7. The van der Waals surface area contributed by atoms with Gasteiger partial charge in [-0.25, -0.2) is 18.0 Å². The average Bonchev–Trinajstić information content (AvgIpc) is 3.90. The molecule has 0 aromatic heterocycles. The third-order valence-electron chi connectivity index (χ3n) is 10.5. The largest absolute Gasteiger partial charge is 0.465 e. The molecular formula is C37H52N4O11S. The quantitative estimate of drug-likeness (QED) is 0.214. The number of rotatable bonds is 16. The van der Waals surface area contributed by atoms with Gasteiger partial charge in [-0.3, -0.25) is 4.90 Å². The number of carboxylic acid groups (broad SMARTS) is 1. The van der Waals surface area contributed by atoms with Crippen molar-refractivity contribution < 1.29 is 51.9 Å². The van der Waals surface area contributed by atoms with Gasteiger partial charge in [0.2, 0.25) is 16.8 Å². The minimum atomic E-state index is -4.24. The highest BCUT2D eigenvalue weighted by Crippen LogP contribution is 2.38. The van der Waals surface area contributed by atoms with Crippen molar-refractivity contribution in [1.82, 2.24) is 19.4 Å². The molecule has 0 bridgehead atoms. The van der Waals surface area contributed by atoms with E-state index in [4.69, 9.17) is 23.7 Å². The van der Waals surface area contributed by atoms with Crippen molar-refractivity contribution in [1.29, 1.82) is 0 Å². The summed E-state index contributed by atoms with van der Waals surface area (Å²) in [7, 11) is -4.24. The van der Waals surface area contributed by atoms with Crippen molar-refractivity contribution in [2.75, 3.05) is 65.9 Å². The highest BCUT2D eigenvalue weighted by molar-refractivity contribution is 7.89. The topological polar surface area (TPSA) is 177 Å². The second-order valence-corrected chi connectivity index (χ2v) is 16.8. The predicted molar refractivity (Wildman–Crippen MR) is 192 cm³/mol. The van der Waals surface area contributed by atoms with E-state index in [9.17, 15) is 28.2 Å². The van der Waals surface area contributed by atoms with Gasteiger partial charge in [0.05, 0.1) is 49.5 Å². The maximum absolute atomic E-state index is 14.5. The number of carbonyl (C=O) groups is 2. The fraction of sp³-hybridized carbons (Fsp3) is 0.622. The summed E-state index contributed by atoms with van der Waals surface area (Å²) in [5.41, 5.74) is 0.235. The monoisotopic (exact) mass is 760 g/mol. The number of aliphatic hydroxyl groups excluding tert-OH is 1. The summed E-state index contributed by atoms with van der Waals surface area (Å²) in [6.07, 6.45) is -0.358. The summed E-state index contributed by atoms with van der Waals surface area (Å²) in [6, 6.07) is 12.0. The summed E-state index contributed by atoms with van der Waals surface area (Å²) >= 11 is 0. The molecule has 3 fully saturated rings. The number of aliphatic hydroxyl groups is 1. The van der Waals surface area contributed by atoms with Gasteiger partial charge < -0.3 is 44.1 Å². The van der Waals surface area contributed by atoms with Crippen LogP contribution in [-0.2, 0) is 30.7 Å². The Balaban J connectivity index is 1.22. The average molecular weight is 761 g/mol. The fourth-order valence-electron chi connectivity index (χ4n) is 7.66. The zero-order valence-corrected chi connectivity index (χ0v) is 31.2. The Morgan fingerprint density at radius 3 is 2.53 bits per heavy atom. The molecule has 5 atom stereocenters. The number of hydrogen-bond donors (Lipinski definition) is 3. The maximum atomic E-state index is 14.5. The normalized spacial score (nSPS) is 22.4. The Morgan fingerprint density at radius 2 is 1.77 bits per heavy atom. The van der Waals surface area contributed by atoms with Crippen LogP contribution in [0.5, 0.6) is 11.5 Å². The molecule has 0 spiro atoms. The maximum Gasteiger partial charge on any atom is 0.407 e. The molecule has 4 heterocycles. The molecule has 3 amide bonds. The first kappa shape index (κ1) is 39.0. The van der Waals surface area contributed by atoms with Crippen molar-refractivity contribution >= 4 is 22.1 Å². The second-order valence-electron chi connectivity index (χ2n) is 14.9. The van der Waals surface area contributed by atoms with Gasteiger partial charge in [-0.2, -0.15) is 4.31 Å². The standard InChI is InChI=1S/C37H52N4O11S/c1-37(2,13-6-7-14-38-35(43)39-15-18-48-19-16-39)24-40(53(46,47)27-10-11-32-33(21-27)52-25-51-32)22-31(42)29(20-26-8-4-3-5-9-26)41(36(44)45)30-23-50-34-28(30)12-17-49-34/h3-5,8-11,21,28-31,34,42H,6-7,12-20,22-25H2,1-2H3,(H,38,43)(H,44,45)/t28-,29-,30-,31+,34+/m0/s1. The first-order valence-corrected chi connectivity index (χ1v) is 19.8. The van der Waals surface area contributed by atoms with E-state index in [0.717, 1.165) is 5.56 Å². The van der Waals surface area contributed by atoms with Crippen LogP contribution in [-0.4, -0.2) is 135 Å². The Bertz CT molecular complexity index is 1660. The van der Waals surface area contributed by atoms with E-state index in [-0.39, 0.29) is 49.8 Å². The Labute approximate surface area is 311 Å². The lowest BCUT2D eigenvalue weighted by Gasteiger charge is -2.40. The molecule has 2 aromatic rings. The number of sulfonamides is 1. The lowest BCUT2D eigenvalue weighted by atomic mass is 9.87. The Morgan fingerprint density at radius 1 is 1.02 bits per heavy atom. The van der Waals surface area contributed by atoms with E-state index in [1.807, 2.05) is 44.2 Å². The lowest BCUT2D eigenvalue weighted by molar-refractivity contribution is -0.0906. The van der Waals surface area contributed by atoms with Gasteiger partial charge in [0, 0.05) is 44.7 Å². The first-order valence-electron chi connectivity index (χ1n) is 18.4. The summed E-state index contributed by atoms with van der Waals surface area (Å²) in [4.78, 5) is 28.6. The van der Waals surface area contributed by atoms with Crippen LogP contribution >= 0.6 is 0 Å². The lowest BCUT2D eigenvalue weighted by Crippen LogP contribution is -2.58. The third-order valence-corrected chi connectivity index (χ3v) is 12.3. The molecule has 0 aliphatic carbocycles. The number of carbonyl (C=O) groups excluding carboxylic acids is 1. The van der Waals surface area contributed by atoms with E-state index in [1.54, 1.807) is 11.0 Å². The first-order chi connectivity index (χ1) is 25.4. The fourth-order valence-corrected chi connectivity index (χ4v) is 9.32. The van der Waals surface area contributed by atoms with Crippen LogP contribution < -0.4 is 14.8 Å². The molecule has 292 valence electrons. The van der Waals surface area contributed by atoms with Gasteiger partial charge in [0.15, 0.2) is 17.8 Å². The molecule has 15 nitrogen and oxygen atoms in total. The van der Waals surface area contributed by atoms with Crippen LogP contribution in [0.2, 0.25) is 0 Å². The van der Waals surface area contributed by atoms with Crippen molar-refractivity contribution in [2.45, 2.75) is 75.3 Å². The summed E-state index contributed by atoms with van der Waals surface area (Å²) in [5.74, 6) is 0.533. The van der Waals surface area contributed by atoms with Gasteiger partial charge in [-0.15, -0.1) is 0 Å². The number of benzene rings is 2. The van der Waals surface area contributed by atoms with Crippen molar-refractivity contribution in [3.8, 4) is 11.5 Å². The number of urea groups is 1. The highest BCUT2D eigenvalue weighted by Gasteiger charge is 2.49. The number of hydrogen-bond acceptors (Lipinski definition) is 10.